The van der Waals surface area contributed by atoms with Gasteiger partial charge in [-0.2, -0.15) is 0 Å². The Hall–Kier alpha value is -1.32. The summed E-state index contributed by atoms with van der Waals surface area (Å²) in [6.07, 6.45) is 0. The Labute approximate surface area is 135 Å². The maximum absolute atomic E-state index is 6.19. The minimum atomic E-state index is 0.0290. The predicted molar refractivity (Wildman–Crippen MR) is 92.0 cm³/mol. The maximum Gasteiger partial charge on any atom is 0.132 e. The predicted octanol–water partition coefficient (Wildman–Crippen LogP) is 5.31. The molecule has 0 aliphatic heterocycles. The molecule has 0 aliphatic carbocycles. The van der Waals surface area contributed by atoms with Crippen LogP contribution in [0.25, 0.3) is 0 Å². The topological polar surface area (TPSA) is 35.2 Å². The number of nitrogens with two attached hydrogens (primary N) is 1. The van der Waals surface area contributed by atoms with Crippen LogP contribution in [0.5, 0.6) is 11.5 Å². The van der Waals surface area contributed by atoms with Crippen molar-refractivity contribution >= 4 is 15.9 Å². The van der Waals surface area contributed by atoms with Gasteiger partial charge in [-0.15, -0.1) is 0 Å². The van der Waals surface area contributed by atoms with Crippen LogP contribution in [-0.4, -0.2) is 0 Å². The first-order valence-corrected chi connectivity index (χ1v) is 7.88. The molecule has 2 aromatic rings. The summed E-state index contributed by atoms with van der Waals surface area (Å²) in [6, 6.07) is 12.3. The van der Waals surface area contributed by atoms with Crippen LogP contribution in [-0.2, 0) is 12.0 Å². The van der Waals surface area contributed by atoms with Gasteiger partial charge in [-0.05, 0) is 42.2 Å². The van der Waals surface area contributed by atoms with Gasteiger partial charge < -0.3 is 10.5 Å². The van der Waals surface area contributed by atoms with E-state index in [2.05, 4.69) is 61.8 Å². The van der Waals surface area contributed by atoms with E-state index in [1.165, 1.54) is 11.1 Å². The van der Waals surface area contributed by atoms with Gasteiger partial charge in [0.1, 0.15) is 11.5 Å². The number of hydrogen-bond donors (Lipinski definition) is 1. The molecule has 2 rings (SSSR count). The molecule has 0 atom stereocenters. The highest BCUT2D eigenvalue weighted by Crippen LogP contribution is 2.36. The molecule has 0 amide bonds. The smallest absolute Gasteiger partial charge is 0.132 e. The highest BCUT2D eigenvalue weighted by Gasteiger charge is 2.20. The number of ether oxygens (including phenoxy) is 1. The lowest BCUT2D eigenvalue weighted by Gasteiger charge is -2.23. The van der Waals surface area contributed by atoms with E-state index in [1.807, 2.05) is 18.2 Å². The van der Waals surface area contributed by atoms with E-state index >= 15 is 0 Å². The molecule has 2 aromatic carbocycles. The number of aryl methyl sites for hydroxylation is 1. The lowest BCUT2D eigenvalue weighted by atomic mass is 9.86. The van der Waals surface area contributed by atoms with Crippen molar-refractivity contribution in [2.45, 2.75) is 39.7 Å². The molecule has 0 aliphatic rings. The van der Waals surface area contributed by atoms with E-state index in [-0.39, 0.29) is 5.41 Å². The van der Waals surface area contributed by atoms with E-state index in [9.17, 15) is 0 Å². The second-order valence-corrected chi connectivity index (χ2v) is 7.22. The van der Waals surface area contributed by atoms with E-state index in [4.69, 9.17) is 10.5 Å². The van der Waals surface area contributed by atoms with Crippen molar-refractivity contribution in [3.63, 3.8) is 0 Å². The summed E-state index contributed by atoms with van der Waals surface area (Å²) in [6.45, 7) is 9.10. The van der Waals surface area contributed by atoms with Gasteiger partial charge in [-0.1, -0.05) is 48.8 Å². The van der Waals surface area contributed by atoms with Gasteiger partial charge in [-0.25, -0.2) is 0 Å². The second-order valence-electron chi connectivity index (χ2n) is 6.31. The molecule has 0 saturated carbocycles. The summed E-state index contributed by atoms with van der Waals surface area (Å²) in [4.78, 5) is 0. The summed E-state index contributed by atoms with van der Waals surface area (Å²) < 4.78 is 7.20. The monoisotopic (exact) mass is 347 g/mol. The van der Waals surface area contributed by atoms with Crippen LogP contribution >= 0.6 is 15.9 Å². The Morgan fingerprint density at radius 2 is 1.76 bits per heavy atom. The van der Waals surface area contributed by atoms with Crippen molar-refractivity contribution in [3.8, 4) is 11.5 Å². The summed E-state index contributed by atoms with van der Waals surface area (Å²) in [5.41, 5.74) is 9.22. The third-order valence-corrected chi connectivity index (χ3v) is 3.90. The van der Waals surface area contributed by atoms with Crippen molar-refractivity contribution in [1.29, 1.82) is 0 Å². The average Bonchev–Trinajstić information content (AvgIpc) is 2.39. The van der Waals surface area contributed by atoms with E-state index in [0.717, 1.165) is 21.5 Å². The average molecular weight is 348 g/mol. The highest BCUT2D eigenvalue weighted by molar-refractivity contribution is 9.10. The minimum Gasteiger partial charge on any atom is -0.457 e. The van der Waals surface area contributed by atoms with Gasteiger partial charge in [0, 0.05) is 22.1 Å². The Morgan fingerprint density at radius 3 is 2.38 bits per heavy atom. The van der Waals surface area contributed by atoms with Crippen molar-refractivity contribution < 1.29 is 4.74 Å². The molecule has 0 spiro atoms. The normalized spacial score (nSPS) is 11.5. The fraction of sp³-hybridized carbons (Fsp3) is 0.333. The zero-order valence-corrected chi connectivity index (χ0v) is 14.6. The molecule has 0 fully saturated rings. The van der Waals surface area contributed by atoms with Crippen LogP contribution in [0.2, 0.25) is 0 Å². The lowest BCUT2D eigenvalue weighted by Crippen LogP contribution is -2.13. The molecule has 2 nitrogen and oxygen atoms in total. The largest absolute Gasteiger partial charge is 0.457 e. The standard InChI is InChI=1S/C18H22BrNO/c1-12-5-7-15(18(2,3)4)17(9-12)21-16-8-6-14(19)10-13(16)11-20/h5-10H,11,20H2,1-4H3. The van der Waals surface area contributed by atoms with Gasteiger partial charge in [-0.3, -0.25) is 0 Å². The van der Waals surface area contributed by atoms with Crippen LogP contribution in [0.15, 0.2) is 40.9 Å². The van der Waals surface area contributed by atoms with E-state index in [0.29, 0.717) is 6.54 Å². The zero-order valence-electron chi connectivity index (χ0n) is 13.0. The van der Waals surface area contributed by atoms with Gasteiger partial charge in [0.25, 0.3) is 0 Å². The molecule has 112 valence electrons. The third-order valence-electron chi connectivity index (χ3n) is 3.41. The van der Waals surface area contributed by atoms with Crippen LogP contribution < -0.4 is 10.5 Å². The van der Waals surface area contributed by atoms with E-state index < -0.39 is 0 Å². The second kappa shape index (κ2) is 6.20. The summed E-state index contributed by atoms with van der Waals surface area (Å²) in [7, 11) is 0. The van der Waals surface area contributed by atoms with Gasteiger partial charge in [0.2, 0.25) is 0 Å². The van der Waals surface area contributed by atoms with Crippen LogP contribution in [0, 0.1) is 6.92 Å². The molecule has 0 aromatic heterocycles. The SMILES string of the molecule is Cc1ccc(C(C)(C)C)c(Oc2ccc(Br)cc2CN)c1. The zero-order chi connectivity index (χ0) is 15.6. The number of halogens is 1. The molecular formula is C18H22BrNO. The Balaban J connectivity index is 2.46. The fourth-order valence-corrected chi connectivity index (χ4v) is 2.67. The first-order chi connectivity index (χ1) is 9.81. The molecule has 0 unspecified atom stereocenters. The molecule has 0 saturated heterocycles. The van der Waals surface area contributed by atoms with Crippen molar-refractivity contribution in [1.82, 2.24) is 0 Å². The van der Waals surface area contributed by atoms with Crippen molar-refractivity contribution in [2.24, 2.45) is 5.73 Å². The summed E-state index contributed by atoms with van der Waals surface area (Å²) in [5.74, 6) is 1.72. The van der Waals surface area contributed by atoms with Crippen LogP contribution in [0.3, 0.4) is 0 Å². The number of benzene rings is 2. The molecular weight excluding hydrogens is 326 g/mol. The Bertz CT molecular complexity index is 644. The summed E-state index contributed by atoms with van der Waals surface area (Å²) >= 11 is 3.47. The van der Waals surface area contributed by atoms with Gasteiger partial charge in [0.05, 0.1) is 0 Å². The highest BCUT2D eigenvalue weighted by atomic mass is 79.9. The van der Waals surface area contributed by atoms with Gasteiger partial charge in [0.15, 0.2) is 0 Å². The van der Waals surface area contributed by atoms with Crippen molar-refractivity contribution in [2.75, 3.05) is 0 Å². The molecule has 21 heavy (non-hydrogen) atoms. The lowest BCUT2D eigenvalue weighted by molar-refractivity contribution is 0.450. The maximum atomic E-state index is 6.19. The summed E-state index contributed by atoms with van der Waals surface area (Å²) in [5, 5.41) is 0. The van der Waals surface area contributed by atoms with Crippen LogP contribution in [0.4, 0.5) is 0 Å². The molecule has 3 heteroatoms. The van der Waals surface area contributed by atoms with E-state index in [1.54, 1.807) is 0 Å². The number of hydrogen-bond acceptors (Lipinski definition) is 2. The number of rotatable bonds is 3. The molecule has 0 bridgehead atoms. The first-order valence-electron chi connectivity index (χ1n) is 7.09. The molecule has 0 heterocycles. The Kier molecular flexibility index (Phi) is 4.74. The van der Waals surface area contributed by atoms with Crippen LogP contribution in [0.1, 0.15) is 37.5 Å². The Morgan fingerprint density at radius 1 is 1.05 bits per heavy atom. The third kappa shape index (κ3) is 3.86. The quantitative estimate of drug-likeness (QED) is 0.816. The molecule has 2 N–H and O–H groups in total. The first kappa shape index (κ1) is 16.1. The van der Waals surface area contributed by atoms with Crippen molar-refractivity contribution in [3.05, 3.63) is 57.6 Å². The molecule has 0 radical (unpaired) electrons. The van der Waals surface area contributed by atoms with Gasteiger partial charge >= 0.3 is 0 Å². The fourth-order valence-electron chi connectivity index (χ4n) is 2.26. The minimum absolute atomic E-state index is 0.0290.